The molecule has 44 heavy (non-hydrogen) atoms. The van der Waals surface area contributed by atoms with E-state index in [2.05, 4.69) is 5.32 Å². The lowest BCUT2D eigenvalue weighted by Gasteiger charge is -2.31. The number of ether oxygens (including phenoxy) is 2. The highest BCUT2D eigenvalue weighted by Crippen LogP contribution is 2.27. The summed E-state index contributed by atoms with van der Waals surface area (Å²) in [4.78, 5) is 42.6. The highest BCUT2D eigenvalue weighted by atomic mass is 16.5. The topological polar surface area (TPSA) is 105 Å². The van der Waals surface area contributed by atoms with Gasteiger partial charge in [-0.15, -0.1) is 0 Å². The summed E-state index contributed by atoms with van der Waals surface area (Å²) in [5.41, 5.74) is 2.70. The molecule has 0 saturated heterocycles. The van der Waals surface area contributed by atoms with Gasteiger partial charge in [-0.05, 0) is 36.0 Å². The highest BCUT2D eigenvalue weighted by Gasteiger charge is 2.34. The smallest absolute Gasteiger partial charge is 0.310 e. The van der Waals surface area contributed by atoms with Gasteiger partial charge in [-0.25, -0.2) is 0 Å². The second-order valence-electron chi connectivity index (χ2n) is 11.1. The van der Waals surface area contributed by atoms with Gasteiger partial charge in [0.15, 0.2) is 0 Å². The summed E-state index contributed by atoms with van der Waals surface area (Å²) in [6, 6.07) is 28.0. The molecule has 8 heteroatoms. The molecule has 1 heterocycles. The zero-order valence-corrected chi connectivity index (χ0v) is 25.2. The fraction of sp³-hybridized carbons (Fsp3) is 0.361. The van der Waals surface area contributed by atoms with Gasteiger partial charge in [0.25, 0.3) is 0 Å². The van der Waals surface area contributed by atoms with Crippen LogP contribution in [0.25, 0.3) is 0 Å². The zero-order valence-electron chi connectivity index (χ0n) is 25.2. The summed E-state index contributed by atoms with van der Waals surface area (Å²) in [6.45, 7) is 0.419. The maximum absolute atomic E-state index is 13.8. The number of benzene rings is 3. The molecule has 1 aliphatic rings. The number of nitrogens with zero attached hydrogens (tertiary/aromatic N) is 1. The van der Waals surface area contributed by atoms with Crippen molar-refractivity contribution in [2.24, 2.45) is 11.8 Å². The van der Waals surface area contributed by atoms with Crippen LogP contribution in [0.2, 0.25) is 0 Å². The number of rotatable bonds is 11. The lowest BCUT2D eigenvalue weighted by molar-refractivity contribution is -0.158. The first kappa shape index (κ1) is 32.6. The van der Waals surface area contributed by atoms with Crippen molar-refractivity contribution in [2.75, 3.05) is 26.9 Å². The number of nitrogens with one attached hydrogen (secondary N) is 1. The molecule has 0 aromatic heterocycles. The Morgan fingerprint density at radius 2 is 1.48 bits per heavy atom. The lowest BCUT2D eigenvalue weighted by Crippen LogP contribution is -2.47. The fourth-order valence-corrected chi connectivity index (χ4v) is 5.45. The van der Waals surface area contributed by atoms with Crippen molar-refractivity contribution >= 4 is 17.8 Å². The Morgan fingerprint density at radius 3 is 2.09 bits per heavy atom. The van der Waals surface area contributed by atoms with Crippen LogP contribution >= 0.6 is 0 Å². The average molecular weight is 599 g/mol. The maximum atomic E-state index is 13.8. The minimum atomic E-state index is -0.797. The molecule has 4 unspecified atom stereocenters. The van der Waals surface area contributed by atoms with Gasteiger partial charge in [-0.2, -0.15) is 0 Å². The van der Waals surface area contributed by atoms with Crippen LogP contribution in [0.3, 0.4) is 0 Å². The van der Waals surface area contributed by atoms with E-state index in [4.69, 9.17) is 9.47 Å². The molecule has 0 fully saturated rings. The van der Waals surface area contributed by atoms with E-state index >= 15 is 0 Å². The molecule has 3 aromatic rings. The minimum absolute atomic E-state index is 0.0358. The van der Waals surface area contributed by atoms with Gasteiger partial charge in [-0.3, -0.25) is 14.4 Å². The van der Waals surface area contributed by atoms with Crippen molar-refractivity contribution in [3.05, 3.63) is 120 Å². The van der Waals surface area contributed by atoms with E-state index < -0.39 is 24.0 Å². The van der Waals surface area contributed by atoms with E-state index in [9.17, 15) is 19.5 Å². The van der Waals surface area contributed by atoms with Crippen LogP contribution in [0.1, 0.15) is 42.1 Å². The molecule has 0 radical (unpaired) electrons. The van der Waals surface area contributed by atoms with Gasteiger partial charge in [0, 0.05) is 26.6 Å². The Kier molecular flexibility index (Phi) is 12.7. The number of carbonyl (C=O) groups excluding carboxylic acids is 3. The Bertz CT molecular complexity index is 1350. The van der Waals surface area contributed by atoms with Gasteiger partial charge in [0.05, 0.1) is 31.1 Å². The number of carbonyl (C=O) groups is 3. The number of aliphatic hydroxyl groups excluding tert-OH is 1. The van der Waals surface area contributed by atoms with Gasteiger partial charge in [0.2, 0.25) is 11.8 Å². The van der Waals surface area contributed by atoms with Crippen LogP contribution in [0.4, 0.5) is 0 Å². The number of esters is 1. The molecule has 232 valence electrons. The molecule has 0 bridgehead atoms. The molecule has 4 rings (SSSR count). The van der Waals surface area contributed by atoms with Gasteiger partial charge < -0.3 is 24.8 Å². The Balaban J connectivity index is 1.62. The third kappa shape index (κ3) is 9.62. The third-order valence-electron chi connectivity index (χ3n) is 7.81. The minimum Gasteiger partial charge on any atom is -0.455 e. The van der Waals surface area contributed by atoms with Crippen LogP contribution in [-0.4, -0.2) is 60.7 Å². The number of hydrogen-bond acceptors (Lipinski definition) is 6. The first-order chi connectivity index (χ1) is 21.5. The largest absolute Gasteiger partial charge is 0.455 e. The number of aliphatic hydroxyl groups is 1. The molecule has 4 atom stereocenters. The highest BCUT2D eigenvalue weighted by molar-refractivity contribution is 5.86. The number of cyclic esters (lactones) is 1. The average Bonchev–Trinajstić information content (AvgIpc) is 3.04. The summed E-state index contributed by atoms with van der Waals surface area (Å²) < 4.78 is 11.7. The van der Waals surface area contributed by atoms with Crippen molar-refractivity contribution < 1.29 is 29.0 Å². The van der Waals surface area contributed by atoms with E-state index in [1.54, 1.807) is 4.90 Å². The van der Waals surface area contributed by atoms with E-state index in [0.29, 0.717) is 25.8 Å². The molecule has 0 aliphatic carbocycles. The quantitative estimate of drug-likeness (QED) is 0.246. The van der Waals surface area contributed by atoms with E-state index in [-0.39, 0.29) is 44.0 Å². The number of methoxy groups -OCH3 is 1. The third-order valence-corrected chi connectivity index (χ3v) is 7.81. The van der Waals surface area contributed by atoms with E-state index in [1.165, 1.54) is 7.11 Å². The lowest BCUT2D eigenvalue weighted by atomic mass is 9.93. The molecule has 0 spiro atoms. The molecule has 1 aliphatic heterocycles. The SMILES string of the molecule is COCC1NC(=O)C(CC(=O)N(CCO)Cc2ccccc2)CC=CCC(Cc2ccccc2)C(=O)OC1c1ccccc1. The predicted molar refractivity (Wildman–Crippen MR) is 168 cm³/mol. The number of hydrogen-bond donors (Lipinski definition) is 2. The molecule has 0 saturated carbocycles. The molecular formula is C36H42N2O6. The summed E-state index contributed by atoms with van der Waals surface area (Å²) >= 11 is 0. The zero-order chi connectivity index (χ0) is 31.1. The van der Waals surface area contributed by atoms with Crippen LogP contribution in [0.15, 0.2) is 103 Å². The molecule has 8 nitrogen and oxygen atoms in total. The van der Waals surface area contributed by atoms with Gasteiger partial charge >= 0.3 is 5.97 Å². The second kappa shape index (κ2) is 17.1. The summed E-state index contributed by atoms with van der Waals surface area (Å²) in [7, 11) is 1.53. The Labute approximate surface area is 259 Å². The van der Waals surface area contributed by atoms with Crippen molar-refractivity contribution in [1.82, 2.24) is 10.2 Å². The Hall–Kier alpha value is -4.27. The van der Waals surface area contributed by atoms with Crippen LogP contribution in [0, 0.1) is 11.8 Å². The van der Waals surface area contributed by atoms with Gasteiger partial charge in [-0.1, -0.05) is 103 Å². The molecule has 3 aromatic carbocycles. The first-order valence-electron chi connectivity index (χ1n) is 15.1. The van der Waals surface area contributed by atoms with Crippen molar-refractivity contribution in [3.8, 4) is 0 Å². The monoisotopic (exact) mass is 598 g/mol. The summed E-state index contributed by atoms with van der Waals surface area (Å²) in [6.07, 6.45) is 4.19. The molecule has 2 N–H and O–H groups in total. The van der Waals surface area contributed by atoms with Crippen molar-refractivity contribution in [1.29, 1.82) is 0 Å². The predicted octanol–water partition coefficient (Wildman–Crippen LogP) is 4.64. The first-order valence-corrected chi connectivity index (χ1v) is 15.1. The van der Waals surface area contributed by atoms with Crippen molar-refractivity contribution in [2.45, 2.75) is 44.4 Å². The summed E-state index contributed by atoms with van der Waals surface area (Å²) in [5.74, 6) is -2.01. The van der Waals surface area contributed by atoms with E-state index in [1.807, 2.05) is 103 Å². The standard InChI is InChI=1S/C36H42N2O6/c1-43-26-32-34(29-17-9-4-10-18-29)44-36(42)31(23-27-13-5-2-6-14-27)20-12-11-19-30(35(41)37-32)24-33(40)38(21-22-39)25-28-15-7-3-8-16-28/h2-18,30-32,34,39H,19-26H2,1H3,(H,37,41). The number of allylic oxidation sites excluding steroid dienone is 2. The van der Waals surface area contributed by atoms with Gasteiger partial charge in [0.1, 0.15) is 6.10 Å². The number of amides is 2. The Morgan fingerprint density at radius 1 is 0.886 bits per heavy atom. The fourth-order valence-electron chi connectivity index (χ4n) is 5.45. The summed E-state index contributed by atoms with van der Waals surface area (Å²) in [5, 5.41) is 12.7. The second-order valence-corrected chi connectivity index (χ2v) is 11.1. The molecular weight excluding hydrogens is 556 g/mol. The van der Waals surface area contributed by atoms with Crippen LogP contribution < -0.4 is 5.32 Å². The van der Waals surface area contributed by atoms with Crippen molar-refractivity contribution in [3.63, 3.8) is 0 Å². The molecule has 2 amide bonds. The van der Waals surface area contributed by atoms with E-state index in [0.717, 1.165) is 16.7 Å². The van der Waals surface area contributed by atoms with Crippen LogP contribution in [-0.2, 0) is 36.8 Å². The maximum Gasteiger partial charge on any atom is 0.310 e. The van der Waals surface area contributed by atoms with Crippen LogP contribution in [0.5, 0.6) is 0 Å². The normalized spacial score (nSPS) is 21.0.